The van der Waals surface area contributed by atoms with Gasteiger partial charge in [-0.1, -0.05) is 30.3 Å². The Labute approximate surface area is 133 Å². The Hall–Kier alpha value is -2.95. The van der Waals surface area contributed by atoms with E-state index in [9.17, 15) is 9.59 Å². The summed E-state index contributed by atoms with van der Waals surface area (Å²) in [5.41, 5.74) is 2.50. The number of amides is 1. The molecule has 3 rings (SSSR count). The van der Waals surface area contributed by atoms with Crippen LogP contribution in [-0.4, -0.2) is 15.5 Å². The first kappa shape index (κ1) is 15.0. The summed E-state index contributed by atoms with van der Waals surface area (Å²) in [6.45, 7) is 4.25. The number of carbonyl (C=O) groups excluding carboxylic acids is 1. The molecule has 5 nitrogen and oxygen atoms in total. The van der Waals surface area contributed by atoms with Crippen molar-refractivity contribution < 1.29 is 4.79 Å². The Bertz CT molecular complexity index is 944. The molecule has 0 saturated heterocycles. The maximum atomic E-state index is 12.6. The molecule has 23 heavy (non-hydrogen) atoms. The van der Waals surface area contributed by atoms with Gasteiger partial charge in [-0.25, -0.2) is 4.98 Å². The van der Waals surface area contributed by atoms with Gasteiger partial charge >= 0.3 is 0 Å². The summed E-state index contributed by atoms with van der Waals surface area (Å²) in [6, 6.07) is 14.7. The predicted molar refractivity (Wildman–Crippen MR) is 90.8 cm³/mol. The summed E-state index contributed by atoms with van der Waals surface area (Å²) >= 11 is 0. The van der Waals surface area contributed by atoms with Crippen LogP contribution in [0.5, 0.6) is 0 Å². The number of nitrogens with zero attached hydrogens (tertiary/aromatic N) is 2. The van der Waals surface area contributed by atoms with E-state index in [0.717, 1.165) is 11.1 Å². The predicted octanol–water partition coefficient (Wildman–Crippen LogP) is 2.98. The Morgan fingerprint density at radius 1 is 1.13 bits per heavy atom. The summed E-state index contributed by atoms with van der Waals surface area (Å²) in [5.74, 6) is -0.489. The molecule has 0 bridgehead atoms. The van der Waals surface area contributed by atoms with E-state index < -0.39 is 5.91 Å². The average molecular weight is 307 g/mol. The van der Waals surface area contributed by atoms with E-state index in [0.29, 0.717) is 17.7 Å². The molecule has 0 atom stereocenters. The lowest BCUT2D eigenvalue weighted by Gasteiger charge is -2.11. The van der Waals surface area contributed by atoms with Gasteiger partial charge in [0.2, 0.25) is 0 Å². The first-order valence-corrected chi connectivity index (χ1v) is 7.48. The molecule has 0 spiro atoms. The van der Waals surface area contributed by atoms with Crippen LogP contribution in [0, 0.1) is 6.92 Å². The molecular formula is C18H17N3O2. The lowest BCUT2D eigenvalue weighted by Crippen LogP contribution is -2.31. The Morgan fingerprint density at radius 2 is 1.83 bits per heavy atom. The number of benzene rings is 2. The molecule has 116 valence electrons. The Kier molecular flexibility index (Phi) is 3.93. The van der Waals surface area contributed by atoms with Gasteiger partial charge in [0.1, 0.15) is 0 Å². The lowest BCUT2D eigenvalue weighted by atomic mass is 10.2. The van der Waals surface area contributed by atoms with E-state index in [4.69, 9.17) is 0 Å². The standard InChI is InChI=1S/C18H17N3O2/c1-3-21-15-11-7-6-10-14(15)19-16(18(21)23)17(22)20-13-9-5-4-8-12(13)2/h4-11H,3H2,1-2H3,(H,20,22). The third-order valence-electron chi connectivity index (χ3n) is 3.78. The fourth-order valence-corrected chi connectivity index (χ4v) is 2.55. The molecule has 0 saturated carbocycles. The van der Waals surface area contributed by atoms with Crippen LogP contribution in [0.1, 0.15) is 23.0 Å². The number of rotatable bonds is 3. The van der Waals surface area contributed by atoms with Crippen molar-refractivity contribution in [3.8, 4) is 0 Å². The molecule has 3 aromatic rings. The van der Waals surface area contributed by atoms with Crippen LogP contribution in [0.25, 0.3) is 11.0 Å². The topological polar surface area (TPSA) is 64.0 Å². The Morgan fingerprint density at radius 3 is 2.57 bits per heavy atom. The molecule has 2 aromatic carbocycles. The molecule has 0 fully saturated rings. The van der Waals surface area contributed by atoms with Gasteiger partial charge in [0.25, 0.3) is 11.5 Å². The maximum absolute atomic E-state index is 12.6. The Balaban J connectivity index is 2.09. The summed E-state index contributed by atoms with van der Waals surface area (Å²) in [5, 5.41) is 2.77. The van der Waals surface area contributed by atoms with Crippen molar-refractivity contribution >= 4 is 22.6 Å². The molecule has 5 heteroatoms. The van der Waals surface area contributed by atoms with Crippen molar-refractivity contribution in [2.45, 2.75) is 20.4 Å². The van der Waals surface area contributed by atoms with E-state index in [-0.39, 0.29) is 11.3 Å². The first-order valence-electron chi connectivity index (χ1n) is 7.48. The smallest absolute Gasteiger partial charge is 0.282 e. The highest BCUT2D eigenvalue weighted by molar-refractivity contribution is 6.03. The van der Waals surface area contributed by atoms with Gasteiger partial charge in [-0.15, -0.1) is 0 Å². The molecule has 1 amide bonds. The van der Waals surface area contributed by atoms with Crippen molar-refractivity contribution in [1.29, 1.82) is 0 Å². The van der Waals surface area contributed by atoms with Gasteiger partial charge < -0.3 is 9.88 Å². The maximum Gasteiger partial charge on any atom is 0.282 e. The minimum atomic E-state index is -0.489. The normalized spacial score (nSPS) is 10.7. The number of fused-ring (bicyclic) bond motifs is 1. The summed E-state index contributed by atoms with van der Waals surface area (Å²) in [7, 11) is 0. The number of hydrogen-bond acceptors (Lipinski definition) is 3. The van der Waals surface area contributed by atoms with Gasteiger partial charge in [-0.2, -0.15) is 0 Å². The minimum Gasteiger partial charge on any atom is -0.320 e. The number of anilines is 1. The number of aromatic nitrogens is 2. The fraction of sp³-hybridized carbons (Fsp3) is 0.167. The van der Waals surface area contributed by atoms with E-state index in [1.807, 2.05) is 50.2 Å². The van der Waals surface area contributed by atoms with Crippen molar-refractivity contribution in [3.05, 3.63) is 70.1 Å². The summed E-state index contributed by atoms with van der Waals surface area (Å²) in [4.78, 5) is 29.3. The zero-order chi connectivity index (χ0) is 16.4. The molecule has 0 radical (unpaired) electrons. The third kappa shape index (κ3) is 2.73. The van der Waals surface area contributed by atoms with Gasteiger partial charge in [0, 0.05) is 12.2 Å². The van der Waals surface area contributed by atoms with Crippen LogP contribution in [0.15, 0.2) is 53.3 Å². The van der Waals surface area contributed by atoms with Crippen LogP contribution >= 0.6 is 0 Å². The largest absolute Gasteiger partial charge is 0.320 e. The highest BCUT2D eigenvalue weighted by Gasteiger charge is 2.17. The van der Waals surface area contributed by atoms with Crippen molar-refractivity contribution in [3.63, 3.8) is 0 Å². The molecule has 1 heterocycles. The third-order valence-corrected chi connectivity index (χ3v) is 3.78. The highest BCUT2D eigenvalue weighted by atomic mass is 16.2. The van der Waals surface area contributed by atoms with E-state index >= 15 is 0 Å². The number of para-hydroxylation sites is 3. The zero-order valence-corrected chi connectivity index (χ0v) is 13.0. The quantitative estimate of drug-likeness (QED) is 0.809. The lowest BCUT2D eigenvalue weighted by molar-refractivity contribution is 0.102. The molecular weight excluding hydrogens is 290 g/mol. The van der Waals surface area contributed by atoms with Crippen LogP contribution in [0.2, 0.25) is 0 Å². The van der Waals surface area contributed by atoms with Gasteiger partial charge in [0.15, 0.2) is 5.69 Å². The van der Waals surface area contributed by atoms with E-state index in [1.165, 1.54) is 0 Å². The molecule has 0 aliphatic heterocycles. The molecule has 0 aliphatic rings. The van der Waals surface area contributed by atoms with Crippen LogP contribution < -0.4 is 10.9 Å². The zero-order valence-electron chi connectivity index (χ0n) is 13.0. The summed E-state index contributed by atoms with van der Waals surface area (Å²) < 4.78 is 1.56. The SMILES string of the molecule is CCn1c(=O)c(C(=O)Nc2ccccc2C)nc2ccccc21. The number of carbonyl (C=O) groups is 1. The van der Waals surface area contributed by atoms with Crippen molar-refractivity contribution in [1.82, 2.24) is 9.55 Å². The van der Waals surface area contributed by atoms with Crippen LogP contribution in [0.3, 0.4) is 0 Å². The number of nitrogens with one attached hydrogen (secondary N) is 1. The first-order chi connectivity index (χ1) is 11.1. The second kappa shape index (κ2) is 6.04. The van der Waals surface area contributed by atoms with Crippen molar-refractivity contribution in [2.75, 3.05) is 5.32 Å². The minimum absolute atomic E-state index is 0.0891. The van der Waals surface area contributed by atoms with E-state index in [1.54, 1.807) is 16.7 Å². The molecule has 1 aromatic heterocycles. The monoisotopic (exact) mass is 307 g/mol. The van der Waals surface area contributed by atoms with Crippen molar-refractivity contribution in [2.24, 2.45) is 0 Å². The van der Waals surface area contributed by atoms with Gasteiger partial charge in [-0.3, -0.25) is 9.59 Å². The second-order valence-electron chi connectivity index (χ2n) is 5.27. The van der Waals surface area contributed by atoms with Crippen LogP contribution in [-0.2, 0) is 6.54 Å². The second-order valence-corrected chi connectivity index (χ2v) is 5.27. The number of hydrogen-bond donors (Lipinski definition) is 1. The molecule has 0 unspecified atom stereocenters. The molecule has 1 N–H and O–H groups in total. The fourth-order valence-electron chi connectivity index (χ4n) is 2.55. The average Bonchev–Trinajstić information content (AvgIpc) is 2.56. The molecule has 0 aliphatic carbocycles. The van der Waals surface area contributed by atoms with Crippen LogP contribution in [0.4, 0.5) is 5.69 Å². The van der Waals surface area contributed by atoms with E-state index in [2.05, 4.69) is 10.3 Å². The van der Waals surface area contributed by atoms with Gasteiger partial charge in [-0.05, 0) is 37.6 Å². The number of aryl methyl sites for hydroxylation is 2. The summed E-state index contributed by atoms with van der Waals surface area (Å²) in [6.07, 6.45) is 0. The van der Waals surface area contributed by atoms with Gasteiger partial charge in [0.05, 0.1) is 11.0 Å². The highest BCUT2D eigenvalue weighted by Crippen LogP contribution is 2.15.